The van der Waals surface area contributed by atoms with Crippen molar-refractivity contribution in [3.05, 3.63) is 34.9 Å². The molecule has 2 heteroatoms. The molecule has 1 unspecified atom stereocenters. The predicted molar refractivity (Wildman–Crippen MR) is 88.4 cm³/mol. The van der Waals surface area contributed by atoms with Gasteiger partial charge in [-0.2, -0.15) is 0 Å². The Kier molecular flexibility index (Phi) is 6.38. The minimum absolute atomic E-state index is 0.542. The lowest BCUT2D eigenvalue weighted by molar-refractivity contribution is 0.257. The Labute approximate surface area is 129 Å². The Morgan fingerprint density at radius 3 is 2.30 bits per heavy atom. The van der Waals surface area contributed by atoms with Crippen molar-refractivity contribution < 1.29 is 0 Å². The molecule has 1 nitrogen and oxygen atoms in total. The molecule has 20 heavy (non-hydrogen) atoms. The maximum atomic E-state index is 5.92. The van der Waals surface area contributed by atoms with Crippen molar-refractivity contribution in [2.75, 3.05) is 6.54 Å². The molecule has 1 aromatic carbocycles. The van der Waals surface area contributed by atoms with E-state index in [9.17, 15) is 0 Å². The van der Waals surface area contributed by atoms with Crippen LogP contribution in [0.3, 0.4) is 0 Å². The van der Waals surface area contributed by atoms with Crippen molar-refractivity contribution in [3.63, 3.8) is 0 Å². The molecular formula is C18H28ClN. The zero-order valence-corrected chi connectivity index (χ0v) is 13.6. The Morgan fingerprint density at radius 1 is 1.10 bits per heavy atom. The predicted octanol–water partition coefficient (Wildman–Crippen LogP) is 5.08. The van der Waals surface area contributed by atoms with Crippen molar-refractivity contribution in [2.24, 2.45) is 11.8 Å². The van der Waals surface area contributed by atoms with Crippen LogP contribution in [0.4, 0.5) is 0 Å². The fraction of sp³-hybridized carbons (Fsp3) is 0.667. The first kappa shape index (κ1) is 15.9. The van der Waals surface area contributed by atoms with Crippen LogP contribution in [0.2, 0.25) is 5.02 Å². The monoisotopic (exact) mass is 293 g/mol. The van der Waals surface area contributed by atoms with E-state index in [2.05, 4.69) is 31.3 Å². The van der Waals surface area contributed by atoms with Crippen molar-refractivity contribution >= 4 is 11.6 Å². The molecule has 112 valence electrons. The third kappa shape index (κ3) is 5.10. The first-order chi connectivity index (χ1) is 9.67. The number of hydrogen-bond acceptors (Lipinski definition) is 1. The van der Waals surface area contributed by atoms with Crippen LogP contribution in [0.15, 0.2) is 24.3 Å². The molecule has 1 saturated carbocycles. The summed E-state index contributed by atoms with van der Waals surface area (Å²) in [5, 5.41) is 4.54. The van der Waals surface area contributed by atoms with Crippen LogP contribution in [-0.4, -0.2) is 12.6 Å². The van der Waals surface area contributed by atoms with Crippen molar-refractivity contribution in [1.82, 2.24) is 5.32 Å². The highest BCUT2D eigenvalue weighted by atomic mass is 35.5. The standard InChI is InChI=1S/C18H28ClN/c1-3-15-4-6-17(7-5-15)13-20-14(2)12-16-8-10-18(19)11-9-16/h8-11,14-15,17,20H,3-7,12-13H2,1-2H3. The summed E-state index contributed by atoms with van der Waals surface area (Å²) >= 11 is 5.92. The molecule has 0 spiro atoms. The highest BCUT2D eigenvalue weighted by molar-refractivity contribution is 6.30. The van der Waals surface area contributed by atoms with Gasteiger partial charge in [0, 0.05) is 11.1 Å². The quantitative estimate of drug-likeness (QED) is 0.771. The van der Waals surface area contributed by atoms with Crippen LogP contribution in [0.5, 0.6) is 0 Å². The molecule has 0 amide bonds. The summed E-state index contributed by atoms with van der Waals surface area (Å²) in [6.45, 7) is 5.80. The van der Waals surface area contributed by atoms with Gasteiger partial charge >= 0.3 is 0 Å². The lowest BCUT2D eigenvalue weighted by atomic mass is 9.81. The van der Waals surface area contributed by atoms with E-state index in [0.29, 0.717) is 6.04 Å². The maximum absolute atomic E-state index is 5.92. The first-order valence-corrected chi connectivity index (χ1v) is 8.53. The molecule has 1 atom stereocenters. The Balaban J connectivity index is 1.67. The normalized spacial score (nSPS) is 24.6. The van der Waals surface area contributed by atoms with Crippen molar-refractivity contribution in [1.29, 1.82) is 0 Å². The van der Waals surface area contributed by atoms with Crippen molar-refractivity contribution in [3.8, 4) is 0 Å². The zero-order valence-electron chi connectivity index (χ0n) is 12.9. The SMILES string of the molecule is CCC1CCC(CNC(C)Cc2ccc(Cl)cc2)CC1. The van der Waals surface area contributed by atoms with Gasteiger partial charge in [0.1, 0.15) is 0 Å². The van der Waals surface area contributed by atoms with E-state index in [1.54, 1.807) is 0 Å². The molecular weight excluding hydrogens is 266 g/mol. The van der Waals surface area contributed by atoms with Gasteiger partial charge < -0.3 is 5.32 Å². The topological polar surface area (TPSA) is 12.0 Å². The van der Waals surface area contributed by atoms with Gasteiger partial charge in [0.2, 0.25) is 0 Å². The van der Waals surface area contributed by atoms with Gasteiger partial charge in [-0.3, -0.25) is 0 Å². The van der Waals surface area contributed by atoms with Gasteiger partial charge in [-0.25, -0.2) is 0 Å². The molecule has 2 rings (SSSR count). The van der Waals surface area contributed by atoms with E-state index in [1.165, 1.54) is 44.2 Å². The van der Waals surface area contributed by atoms with Gasteiger partial charge in [-0.05, 0) is 62.3 Å². The fourth-order valence-electron chi connectivity index (χ4n) is 3.26. The Bertz CT molecular complexity index is 379. The van der Waals surface area contributed by atoms with Gasteiger partial charge in [0.15, 0.2) is 0 Å². The molecule has 0 bridgehead atoms. The summed E-state index contributed by atoms with van der Waals surface area (Å²) in [5.74, 6) is 1.89. The maximum Gasteiger partial charge on any atom is 0.0406 e. The third-order valence-electron chi connectivity index (χ3n) is 4.75. The summed E-state index contributed by atoms with van der Waals surface area (Å²) in [4.78, 5) is 0. The minimum atomic E-state index is 0.542. The van der Waals surface area contributed by atoms with Gasteiger partial charge in [0.25, 0.3) is 0 Å². The zero-order chi connectivity index (χ0) is 14.4. The summed E-state index contributed by atoms with van der Waals surface area (Å²) < 4.78 is 0. The third-order valence-corrected chi connectivity index (χ3v) is 5.01. The second kappa shape index (κ2) is 8.05. The molecule has 1 aliphatic carbocycles. The molecule has 1 aromatic rings. The highest BCUT2D eigenvalue weighted by Gasteiger charge is 2.20. The smallest absolute Gasteiger partial charge is 0.0406 e. The molecule has 0 aromatic heterocycles. The van der Waals surface area contributed by atoms with E-state index in [1.807, 2.05) is 12.1 Å². The van der Waals surface area contributed by atoms with E-state index in [0.717, 1.165) is 23.3 Å². The average molecular weight is 294 g/mol. The summed E-state index contributed by atoms with van der Waals surface area (Å²) in [5.41, 5.74) is 1.36. The van der Waals surface area contributed by atoms with Crippen LogP contribution < -0.4 is 5.32 Å². The van der Waals surface area contributed by atoms with E-state index in [4.69, 9.17) is 11.6 Å². The van der Waals surface area contributed by atoms with Crippen LogP contribution in [0.25, 0.3) is 0 Å². The number of nitrogens with one attached hydrogen (secondary N) is 1. The van der Waals surface area contributed by atoms with E-state index >= 15 is 0 Å². The molecule has 0 saturated heterocycles. The lowest BCUT2D eigenvalue weighted by Crippen LogP contribution is -2.34. The molecule has 0 radical (unpaired) electrons. The summed E-state index contributed by atoms with van der Waals surface area (Å²) in [6.07, 6.45) is 8.16. The first-order valence-electron chi connectivity index (χ1n) is 8.15. The summed E-state index contributed by atoms with van der Waals surface area (Å²) in [7, 11) is 0. The average Bonchev–Trinajstić information content (AvgIpc) is 2.48. The molecule has 1 N–H and O–H groups in total. The Morgan fingerprint density at radius 2 is 1.70 bits per heavy atom. The number of benzene rings is 1. The van der Waals surface area contributed by atoms with Crippen LogP contribution in [0.1, 0.15) is 51.5 Å². The van der Waals surface area contributed by atoms with Gasteiger partial charge in [-0.15, -0.1) is 0 Å². The second-order valence-electron chi connectivity index (χ2n) is 6.43. The van der Waals surface area contributed by atoms with E-state index < -0.39 is 0 Å². The lowest BCUT2D eigenvalue weighted by Gasteiger charge is -2.29. The Hall–Kier alpha value is -0.530. The van der Waals surface area contributed by atoms with Crippen LogP contribution in [-0.2, 0) is 6.42 Å². The second-order valence-corrected chi connectivity index (χ2v) is 6.87. The van der Waals surface area contributed by atoms with Gasteiger partial charge in [0.05, 0.1) is 0 Å². The number of rotatable bonds is 6. The van der Waals surface area contributed by atoms with Crippen LogP contribution in [0, 0.1) is 11.8 Å². The molecule has 1 fully saturated rings. The highest BCUT2D eigenvalue weighted by Crippen LogP contribution is 2.30. The summed E-state index contributed by atoms with van der Waals surface area (Å²) in [6, 6.07) is 8.77. The largest absolute Gasteiger partial charge is 0.314 e. The van der Waals surface area contributed by atoms with Gasteiger partial charge in [-0.1, -0.05) is 49.9 Å². The van der Waals surface area contributed by atoms with E-state index in [-0.39, 0.29) is 0 Å². The number of hydrogen-bond donors (Lipinski definition) is 1. The molecule has 0 heterocycles. The molecule has 0 aliphatic heterocycles. The number of halogens is 1. The van der Waals surface area contributed by atoms with Crippen LogP contribution >= 0.6 is 11.6 Å². The minimum Gasteiger partial charge on any atom is -0.314 e. The fourth-order valence-corrected chi connectivity index (χ4v) is 3.38. The molecule has 1 aliphatic rings. The van der Waals surface area contributed by atoms with Crippen molar-refractivity contribution in [2.45, 2.75) is 58.4 Å².